The van der Waals surface area contributed by atoms with Gasteiger partial charge in [0.05, 0.1) is 48.0 Å². The first-order chi connectivity index (χ1) is 20.1. The van der Waals surface area contributed by atoms with Crippen molar-refractivity contribution >= 4 is 57.1 Å². The highest BCUT2D eigenvalue weighted by Crippen LogP contribution is 2.29. The smallest absolute Gasteiger partial charge is 0.264 e. The lowest BCUT2D eigenvalue weighted by Gasteiger charge is -2.23. The van der Waals surface area contributed by atoms with Crippen molar-refractivity contribution in [3.05, 3.63) is 113 Å². The number of aromatic nitrogens is 3. The van der Waals surface area contributed by atoms with Crippen LogP contribution in [0.4, 0.5) is 22.9 Å². The van der Waals surface area contributed by atoms with Crippen LogP contribution >= 0.6 is 11.6 Å². The van der Waals surface area contributed by atoms with Gasteiger partial charge in [0.1, 0.15) is 5.56 Å². The number of hydrogen-bond acceptors (Lipinski definition) is 7. The average Bonchev–Trinajstić information content (AvgIpc) is 3.40. The molecule has 2 aromatic heterocycles. The molecule has 3 aromatic carbocycles. The minimum atomic E-state index is -3.49. The molecule has 0 aliphatic heterocycles. The number of nitrogens with one attached hydrogen (secondary N) is 1. The molecule has 3 N–H and O–H groups in total. The molecule has 10 nitrogen and oxygen atoms in total. The normalized spacial score (nSPS) is 11.2. The van der Waals surface area contributed by atoms with Gasteiger partial charge in [-0.25, -0.2) is 18.1 Å². The van der Waals surface area contributed by atoms with Crippen molar-refractivity contribution in [3.63, 3.8) is 0 Å². The van der Waals surface area contributed by atoms with Gasteiger partial charge >= 0.3 is 0 Å². The van der Waals surface area contributed by atoms with Gasteiger partial charge in [-0.2, -0.15) is 5.10 Å². The average molecular weight is 600 g/mol. The van der Waals surface area contributed by atoms with Crippen LogP contribution in [0.15, 0.2) is 102 Å². The van der Waals surface area contributed by atoms with Crippen LogP contribution in [0, 0.1) is 0 Å². The van der Waals surface area contributed by atoms with Crippen molar-refractivity contribution < 1.29 is 13.2 Å². The second-order valence-electron chi connectivity index (χ2n) is 9.42. The lowest BCUT2D eigenvalue weighted by molar-refractivity contribution is 0.0986. The number of sulfonamides is 1. The fourth-order valence-corrected chi connectivity index (χ4v) is 5.02. The maximum atomic E-state index is 14.1. The van der Waals surface area contributed by atoms with Gasteiger partial charge in [-0.15, -0.1) is 0 Å². The minimum absolute atomic E-state index is 0.209. The van der Waals surface area contributed by atoms with Gasteiger partial charge < -0.3 is 10.6 Å². The molecule has 0 fully saturated rings. The Morgan fingerprint density at radius 2 is 1.79 bits per heavy atom. The van der Waals surface area contributed by atoms with Crippen molar-refractivity contribution in [2.75, 3.05) is 21.6 Å². The third kappa shape index (κ3) is 6.48. The molecule has 12 heteroatoms. The molecule has 0 bridgehead atoms. The third-order valence-corrected chi connectivity index (χ3v) is 7.14. The molecule has 2 heterocycles. The largest absolute Gasteiger partial charge is 0.397 e. The molecular weight excluding hydrogens is 574 g/mol. The second kappa shape index (κ2) is 11.9. The zero-order chi connectivity index (χ0) is 29.9. The predicted octanol–water partition coefficient (Wildman–Crippen LogP) is 5.72. The summed E-state index contributed by atoms with van der Waals surface area (Å²) in [6.07, 6.45) is 4.09. The number of nitrogens with zero attached hydrogens (tertiary/aromatic N) is 5. The van der Waals surface area contributed by atoms with Crippen molar-refractivity contribution in [2.45, 2.75) is 6.54 Å². The number of benzene rings is 3. The highest BCUT2D eigenvalue weighted by Gasteiger charge is 2.25. The van der Waals surface area contributed by atoms with E-state index in [0.29, 0.717) is 27.8 Å². The highest BCUT2D eigenvalue weighted by molar-refractivity contribution is 7.92. The molecule has 0 spiro atoms. The van der Waals surface area contributed by atoms with E-state index >= 15 is 0 Å². The molecule has 1 amide bonds. The van der Waals surface area contributed by atoms with Gasteiger partial charge in [-0.1, -0.05) is 41.9 Å². The molecule has 0 saturated heterocycles. The van der Waals surface area contributed by atoms with Gasteiger partial charge in [0.2, 0.25) is 10.0 Å². The fourth-order valence-electron chi connectivity index (χ4n) is 4.34. The standard InChI is InChI=1S/C30H26ClN7O3S/c1-33-29-27(18-35-38(29)26-5-3-4-24(16-26)36-42(2,40)41)30(39)37(25-13-10-22(31)11-14-25)19-20-6-8-21(9-7-20)28-15-12-23(32)17-34-28/h3-18,36H,1,19,32H2,2H3. The van der Waals surface area contributed by atoms with Gasteiger partial charge in [0, 0.05) is 16.3 Å². The number of aliphatic imine (C=N–C) groups is 1. The van der Waals surface area contributed by atoms with Crippen molar-refractivity contribution in [2.24, 2.45) is 4.99 Å². The van der Waals surface area contributed by atoms with Crippen LogP contribution in [-0.2, 0) is 16.6 Å². The number of carbonyl (C=O) groups excluding carboxylic acids is 1. The van der Waals surface area contributed by atoms with Crippen LogP contribution in [-0.4, -0.2) is 42.1 Å². The fraction of sp³-hybridized carbons (Fsp3) is 0.0667. The van der Waals surface area contributed by atoms with Gasteiger partial charge in [0.15, 0.2) is 5.82 Å². The van der Waals surface area contributed by atoms with Crippen LogP contribution in [0.2, 0.25) is 5.02 Å². The number of amides is 1. The third-order valence-electron chi connectivity index (χ3n) is 6.28. The summed E-state index contributed by atoms with van der Waals surface area (Å²) >= 11 is 6.13. The number of anilines is 3. The Morgan fingerprint density at radius 1 is 1.05 bits per heavy atom. The number of pyridine rings is 1. The molecule has 0 aliphatic carbocycles. The van der Waals surface area contributed by atoms with Crippen molar-refractivity contribution in [1.29, 1.82) is 0 Å². The molecule has 5 aromatic rings. The van der Waals surface area contributed by atoms with Gasteiger partial charge in [-0.3, -0.25) is 14.5 Å². The first kappa shape index (κ1) is 28.5. The SMILES string of the molecule is C=Nc1c(C(=O)N(Cc2ccc(-c3ccc(N)cn3)cc2)c2ccc(Cl)cc2)cnn1-c1cccc(NS(C)(=O)=O)c1. The zero-order valence-electron chi connectivity index (χ0n) is 22.5. The van der Waals surface area contributed by atoms with Gasteiger partial charge in [0.25, 0.3) is 5.91 Å². The predicted molar refractivity (Wildman–Crippen MR) is 167 cm³/mol. The lowest BCUT2D eigenvalue weighted by atomic mass is 10.1. The zero-order valence-corrected chi connectivity index (χ0v) is 24.0. The lowest BCUT2D eigenvalue weighted by Crippen LogP contribution is -2.30. The Bertz CT molecular complexity index is 1850. The van der Waals surface area contributed by atoms with E-state index in [1.165, 1.54) is 10.9 Å². The Balaban J connectivity index is 1.48. The molecule has 0 atom stereocenters. The van der Waals surface area contributed by atoms with Crippen LogP contribution < -0.4 is 15.4 Å². The second-order valence-corrected chi connectivity index (χ2v) is 11.6. The first-order valence-electron chi connectivity index (χ1n) is 12.6. The summed E-state index contributed by atoms with van der Waals surface area (Å²) < 4.78 is 27.3. The molecular formula is C30H26ClN7O3S. The van der Waals surface area contributed by atoms with E-state index in [0.717, 1.165) is 23.1 Å². The number of hydrogen-bond donors (Lipinski definition) is 2. The molecule has 0 radical (unpaired) electrons. The number of halogens is 1. The summed E-state index contributed by atoms with van der Waals surface area (Å²) in [7, 11) is -3.49. The van der Waals surface area contributed by atoms with E-state index in [2.05, 4.69) is 26.5 Å². The number of rotatable bonds is 9. The maximum Gasteiger partial charge on any atom is 0.264 e. The van der Waals surface area contributed by atoms with Crippen molar-refractivity contribution in [3.8, 4) is 16.9 Å². The summed E-state index contributed by atoms with van der Waals surface area (Å²) in [6, 6.07) is 24.9. The summed E-state index contributed by atoms with van der Waals surface area (Å²) in [5.41, 5.74) is 10.6. The highest BCUT2D eigenvalue weighted by atomic mass is 35.5. The maximum absolute atomic E-state index is 14.1. The van der Waals surface area contributed by atoms with E-state index in [1.807, 2.05) is 30.3 Å². The Labute approximate surface area is 248 Å². The number of nitrogens with two attached hydrogens (primary N) is 1. The topological polar surface area (TPSA) is 136 Å². The molecule has 42 heavy (non-hydrogen) atoms. The molecule has 212 valence electrons. The summed E-state index contributed by atoms with van der Waals surface area (Å²) in [4.78, 5) is 24.2. The first-order valence-corrected chi connectivity index (χ1v) is 14.9. The van der Waals surface area contributed by atoms with Crippen LogP contribution in [0.1, 0.15) is 15.9 Å². The Morgan fingerprint density at radius 3 is 2.43 bits per heavy atom. The summed E-state index contributed by atoms with van der Waals surface area (Å²) in [5.74, 6) is -0.152. The van der Waals surface area contributed by atoms with Crippen LogP contribution in [0.25, 0.3) is 16.9 Å². The summed E-state index contributed by atoms with van der Waals surface area (Å²) in [6.45, 7) is 3.90. The van der Waals surface area contributed by atoms with E-state index in [-0.39, 0.29) is 23.8 Å². The molecule has 0 saturated carbocycles. The van der Waals surface area contributed by atoms with E-state index in [4.69, 9.17) is 17.3 Å². The van der Waals surface area contributed by atoms with E-state index in [1.54, 1.807) is 65.7 Å². The minimum Gasteiger partial charge on any atom is -0.397 e. The molecule has 5 rings (SSSR count). The van der Waals surface area contributed by atoms with Gasteiger partial charge in [-0.05, 0) is 66.9 Å². The Kier molecular flexibility index (Phi) is 8.05. The quantitative estimate of drug-likeness (QED) is 0.208. The van der Waals surface area contributed by atoms with E-state index in [9.17, 15) is 13.2 Å². The monoisotopic (exact) mass is 599 g/mol. The molecule has 0 aliphatic rings. The van der Waals surface area contributed by atoms with Crippen molar-refractivity contribution in [1.82, 2.24) is 14.8 Å². The summed E-state index contributed by atoms with van der Waals surface area (Å²) in [5, 5.41) is 4.92. The van der Waals surface area contributed by atoms with E-state index < -0.39 is 10.0 Å². The van der Waals surface area contributed by atoms with Crippen LogP contribution in [0.5, 0.6) is 0 Å². The number of nitrogen functional groups attached to an aromatic ring is 1. The number of carbonyl (C=O) groups is 1. The van der Waals surface area contributed by atoms with Crippen LogP contribution in [0.3, 0.4) is 0 Å². The molecule has 0 unspecified atom stereocenters. The Hall–Kier alpha value is -5.00.